The first kappa shape index (κ1) is 12.6. The normalized spacial score (nSPS) is 30.8. The van der Waals surface area contributed by atoms with Gasteiger partial charge in [0.1, 0.15) is 0 Å². The van der Waals surface area contributed by atoms with Crippen molar-refractivity contribution in [1.82, 2.24) is 10.0 Å². The largest absolute Gasteiger partial charge is 0.385 e. The van der Waals surface area contributed by atoms with E-state index in [4.69, 9.17) is 0 Å². The molecule has 1 aliphatic heterocycles. The lowest BCUT2D eigenvalue weighted by atomic mass is 9.77. The van der Waals surface area contributed by atoms with Crippen LogP contribution in [0.25, 0.3) is 0 Å². The maximum Gasteiger partial charge on any atom is 0.0947 e. The molecule has 1 N–H and O–H groups in total. The lowest BCUT2D eigenvalue weighted by molar-refractivity contribution is -0.118. The first-order valence-corrected chi connectivity index (χ1v) is 6.24. The van der Waals surface area contributed by atoms with Crippen molar-refractivity contribution < 1.29 is 5.11 Å². The van der Waals surface area contributed by atoms with Gasteiger partial charge in [-0.15, -0.1) is 0 Å². The predicted molar refractivity (Wildman–Crippen MR) is 69.4 cm³/mol. The fraction of sp³-hybridized carbons (Fsp3) is 0.571. The molecular formula is C14H22N2O. The molecule has 1 aromatic carbocycles. The van der Waals surface area contributed by atoms with Gasteiger partial charge in [0.15, 0.2) is 0 Å². The van der Waals surface area contributed by atoms with E-state index in [2.05, 4.69) is 31.0 Å². The van der Waals surface area contributed by atoms with Crippen molar-refractivity contribution >= 4 is 0 Å². The van der Waals surface area contributed by atoms with Gasteiger partial charge in [-0.2, -0.15) is 0 Å². The molecule has 3 heteroatoms. The zero-order valence-electron chi connectivity index (χ0n) is 10.9. The highest BCUT2D eigenvalue weighted by atomic mass is 16.3. The van der Waals surface area contributed by atoms with Crippen molar-refractivity contribution in [2.24, 2.45) is 5.92 Å². The molecule has 0 saturated carbocycles. The zero-order chi connectivity index (χ0) is 12.5. The number of aliphatic hydroxyl groups is 1. The van der Waals surface area contributed by atoms with Gasteiger partial charge in [-0.3, -0.25) is 0 Å². The van der Waals surface area contributed by atoms with Crippen molar-refractivity contribution in [2.45, 2.75) is 18.9 Å². The average molecular weight is 234 g/mol. The number of hydrogen-bond donors (Lipinski definition) is 1. The first-order chi connectivity index (χ1) is 8.04. The minimum Gasteiger partial charge on any atom is -0.385 e. The molecule has 0 bridgehead atoms. The monoisotopic (exact) mass is 234 g/mol. The Kier molecular flexibility index (Phi) is 3.52. The molecule has 1 aromatic rings. The summed E-state index contributed by atoms with van der Waals surface area (Å²) in [6, 6.07) is 10.0. The van der Waals surface area contributed by atoms with Gasteiger partial charge in [0.05, 0.1) is 5.60 Å². The third-order valence-electron chi connectivity index (χ3n) is 3.89. The smallest absolute Gasteiger partial charge is 0.0947 e. The van der Waals surface area contributed by atoms with E-state index in [0.29, 0.717) is 0 Å². The Morgan fingerprint density at radius 2 is 1.94 bits per heavy atom. The average Bonchev–Trinajstić information content (AvgIpc) is 2.33. The van der Waals surface area contributed by atoms with Gasteiger partial charge in [0.25, 0.3) is 0 Å². The van der Waals surface area contributed by atoms with Crippen LogP contribution in [0.3, 0.4) is 0 Å². The van der Waals surface area contributed by atoms with Crippen LogP contribution in [0, 0.1) is 5.92 Å². The molecule has 3 nitrogen and oxygen atoms in total. The lowest BCUT2D eigenvalue weighted by Crippen LogP contribution is -2.52. The van der Waals surface area contributed by atoms with Crippen LogP contribution in [0.5, 0.6) is 0 Å². The summed E-state index contributed by atoms with van der Waals surface area (Å²) >= 11 is 0. The van der Waals surface area contributed by atoms with Crippen molar-refractivity contribution in [3.8, 4) is 0 Å². The molecule has 94 valence electrons. The molecule has 0 unspecified atom stereocenters. The Balaban J connectivity index is 2.18. The van der Waals surface area contributed by atoms with E-state index >= 15 is 0 Å². The maximum atomic E-state index is 10.9. The summed E-state index contributed by atoms with van der Waals surface area (Å²) in [5.74, 6) is 0.237. The van der Waals surface area contributed by atoms with E-state index in [1.165, 1.54) is 0 Å². The van der Waals surface area contributed by atoms with Crippen LogP contribution in [-0.2, 0) is 5.60 Å². The SMILES string of the molecule is C[C@@H]1CN(N(C)C)CC[C@@]1(O)c1ccccc1. The third kappa shape index (κ3) is 2.37. The standard InChI is InChI=1S/C14H22N2O/c1-12-11-16(15(2)3)10-9-14(12,17)13-7-5-4-6-8-13/h4-8,12,17H,9-11H2,1-3H3/t12-,14+/m1/s1. The summed E-state index contributed by atoms with van der Waals surface area (Å²) < 4.78 is 0. The Bertz CT molecular complexity index is 366. The molecule has 0 spiro atoms. The second-order valence-corrected chi connectivity index (χ2v) is 5.20. The molecule has 0 amide bonds. The summed E-state index contributed by atoms with van der Waals surface area (Å²) in [6.45, 7) is 3.93. The van der Waals surface area contributed by atoms with Crippen LogP contribution in [0.4, 0.5) is 0 Å². The van der Waals surface area contributed by atoms with Gasteiger partial charge in [0.2, 0.25) is 0 Å². The lowest BCUT2D eigenvalue weighted by Gasteiger charge is -2.45. The molecule has 0 radical (unpaired) electrons. The topological polar surface area (TPSA) is 26.7 Å². The van der Waals surface area contributed by atoms with Crippen LogP contribution in [-0.4, -0.2) is 42.3 Å². The minimum absolute atomic E-state index is 0.237. The summed E-state index contributed by atoms with van der Waals surface area (Å²) in [5, 5.41) is 15.3. The highest BCUT2D eigenvalue weighted by molar-refractivity contribution is 5.24. The second kappa shape index (κ2) is 4.77. The van der Waals surface area contributed by atoms with Gasteiger partial charge >= 0.3 is 0 Å². The fourth-order valence-electron chi connectivity index (χ4n) is 2.62. The molecule has 1 saturated heterocycles. The third-order valence-corrected chi connectivity index (χ3v) is 3.89. The Labute approximate surface area is 104 Å². The quantitative estimate of drug-likeness (QED) is 0.843. The van der Waals surface area contributed by atoms with Crippen LogP contribution >= 0.6 is 0 Å². The zero-order valence-corrected chi connectivity index (χ0v) is 10.9. The maximum absolute atomic E-state index is 10.9. The molecule has 0 aliphatic carbocycles. The van der Waals surface area contributed by atoms with Crippen molar-refractivity contribution in [2.75, 3.05) is 27.2 Å². The summed E-state index contributed by atoms with van der Waals surface area (Å²) in [4.78, 5) is 0. The van der Waals surface area contributed by atoms with E-state index in [1.54, 1.807) is 0 Å². The van der Waals surface area contributed by atoms with Gasteiger partial charge in [-0.25, -0.2) is 10.0 Å². The molecule has 1 fully saturated rings. The highest BCUT2D eigenvalue weighted by Gasteiger charge is 2.40. The van der Waals surface area contributed by atoms with E-state index in [0.717, 1.165) is 25.1 Å². The Morgan fingerprint density at radius 3 is 2.47 bits per heavy atom. The van der Waals surface area contributed by atoms with Gasteiger partial charge in [0, 0.05) is 33.1 Å². The summed E-state index contributed by atoms with van der Waals surface area (Å²) in [7, 11) is 4.11. The molecule has 17 heavy (non-hydrogen) atoms. The number of hydrogen-bond acceptors (Lipinski definition) is 3. The van der Waals surface area contributed by atoms with Gasteiger partial charge in [-0.05, 0) is 12.0 Å². The van der Waals surface area contributed by atoms with Crippen LogP contribution in [0.15, 0.2) is 30.3 Å². The fourth-order valence-corrected chi connectivity index (χ4v) is 2.62. The number of hydrazine groups is 1. The molecule has 1 heterocycles. The number of piperidine rings is 1. The Morgan fingerprint density at radius 1 is 1.29 bits per heavy atom. The van der Waals surface area contributed by atoms with Crippen molar-refractivity contribution in [1.29, 1.82) is 0 Å². The molecule has 1 aliphatic rings. The summed E-state index contributed by atoms with van der Waals surface area (Å²) in [5.41, 5.74) is 0.374. The van der Waals surface area contributed by atoms with Gasteiger partial charge < -0.3 is 5.11 Å². The molecular weight excluding hydrogens is 212 g/mol. The van der Waals surface area contributed by atoms with Gasteiger partial charge in [-0.1, -0.05) is 37.3 Å². The molecule has 2 rings (SSSR count). The van der Waals surface area contributed by atoms with E-state index in [1.807, 2.05) is 30.3 Å². The van der Waals surface area contributed by atoms with Crippen LogP contribution in [0.2, 0.25) is 0 Å². The number of benzene rings is 1. The van der Waals surface area contributed by atoms with E-state index in [-0.39, 0.29) is 5.92 Å². The van der Waals surface area contributed by atoms with Crippen molar-refractivity contribution in [3.63, 3.8) is 0 Å². The minimum atomic E-state index is -0.673. The van der Waals surface area contributed by atoms with Crippen molar-refractivity contribution in [3.05, 3.63) is 35.9 Å². The Hall–Kier alpha value is -0.900. The molecule has 2 atom stereocenters. The predicted octanol–water partition coefficient (Wildman–Crippen LogP) is 1.69. The number of nitrogens with zero attached hydrogens (tertiary/aromatic N) is 2. The molecule has 0 aromatic heterocycles. The highest BCUT2D eigenvalue weighted by Crippen LogP contribution is 2.37. The first-order valence-electron chi connectivity index (χ1n) is 6.24. The summed E-state index contributed by atoms with van der Waals surface area (Å²) in [6.07, 6.45) is 0.788. The number of rotatable bonds is 2. The van der Waals surface area contributed by atoms with Crippen LogP contribution in [0.1, 0.15) is 18.9 Å². The van der Waals surface area contributed by atoms with E-state index in [9.17, 15) is 5.11 Å². The van der Waals surface area contributed by atoms with Crippen LogP contribution < -0.4 is 0 Å². The second-order valence-electron chi connectivity index (χ2n) is 5.20. The van der Waals surface area contributed by atoms with E-state index < -0.39 is 5.60 Å².